The van der Waals surface area contributed by atoms with Crippen molar-refractivity contribution in [1.82, 2.24) is 0 Å². The zero-order chi connectivity index (χ0) is 5.98. The SMILES string of the molecule is Nc1ccc(I)c[nH+]1. The number of nitrogens with one attached hydrogen (secondary N) is 1. The molecule has 42 valence electrons. The summed E-state index contributed by atoms with van der Waals surface area (Å²) in [7, 11) is 0. The Labute approximate surface area is 61.3 Å². The van der Waals surface area contributed by atoms with Gasteiger partial charge >= 0.3 is 0 Å². The molecule has 0 aliphatic heterocycles. The minimum Gasteiger partial charge on any atom is -0.287 e. The third-order valence-corrected chi connectivity index (χ3v) is 1.47. The van der Waals surface area contributed by atoms with Gasteiger partial charge in [0.25, 0.3) is 5.82 Å². The quantitative estimate of drug-likeness (QED) is 0.643. The molecule has 3 N–H and O–H groups in total. The Balaban J connectivity index is 3.03. The van der Waals surface area contributed by atoms with Crippen LogP contribution < -0.4 is 10.7 Å². The molecule has 1 heterocycles. The second-order valence-corrected chi connectivity index (χ2v) is 2.71. The number of nitrogen functional groups attached to an aromatic ring is 1. The molecule has 0 aromatic carbocycles. The highest BCUT2D eigenvalue weighted by atomic mass is 127. The fraction of sp³-hybridized carbons (Fsp3) is 0. The zero-order valence-electron chi connectivity index (χ0n) is 4.19. The van der Waals surface area contributed by atoms with Crippen molar-refractivity contribution in [1.29, 1.82) is 0 Å². The minimum atomic E-state index is 0.699. The number of aromatic amines is 1. The van der Waals surface area contributed by atoms with Gasteiger partial charge in [0.1, 0.15) is 6.20 Å². The van der Waals surface area contributed by atoms with Crippen molar-refractivity contribution in [2.24, 2.45) is 0 Å². The van der Waals surface area contributed by atoms with Crippen molar-refractivity contribution in [2.75, 3.05) is 5.73 Å². The maximum absolute atomic E-state index is 5.37. The van der Waals surface area contributed by atoms with Crippen LogP contribution in [0.3, 0.4) is 0 Å². The molecule has 1 rings (SSSR count). The van der Waals surface area contributed by atoms with Crippen LogP contribution in [0.4, 0.5) is 5.82 Å². The molecule has 0 amide bonds. The predicted octanol–water partition coefficient (Wildman–Crippen LogP) is 0.688. The lowest BCUT2D eigenvalue weighted by molar-refractivity contribution is -0.361. The molecular formula is C5H6IN2+. The van der Waals surface area contributed by atoms with Gasteiger partial charge in [0.05, 0.1) is 3.57 Å². The molecule has 0 spiro atoms. The number of hydrogen-bond donors (Lipinski definition) is 1. The third kappa shape index (κ3) is 1.33. The highest BCUT2D eigenvalue weighted by Gasteiger charge is 1.88. The van der Waals surface area contributed by atoms with Crippen LogP contribution in [-0.2, 0) is 0 Å². The van der Waals surface area contributed by atoms with Crippen LogP contribution in [-0.4, -0.2) is 0 Å². The van der Waals surface area contributed by atoms with Gasteiger partial charge in [-0.25, -0.2) is 4.98 Å². The van der Waals surface area contributed by atoms with Gasteiger partial charge in [-0.2, -0.15) is 0 Å². The van der Waals surface area contributed by atoms with Crippen LogP contribution >= 0.6 is 22.6 Å². The maximum atomic E-state index is 5.37. The van der Waals surface area contributed by atoms with Crippen LogP contribution in [0.1, 0.15) is 0 Å². The molecule has 0 radical (unpaired) electrons. The second-order valence-electron chi connectivity index (χ2n) is 1.46. The number of halogens is 1. The maximum Gasteiger partial charge on any atom is 0.270 e. The largest absolute Gasteiger partial charge is 0.287 e. The van der Waals surface area contributed by atoms with Gasteiger partial charge in [0.2, 0.25) is 0 Å². The van der Waals surface area contributed by atoms with E-state index in [1.165, 1.54) is 0 Å². The molecule has 1 aromatic rings. The Morgan fingerprint density at radius 3 is 2.62 bits per heavy atom. The monoisotopic (exact) mass is 221 g/mol. The third-order valence-electron chi connectivity index (χ3n) is 0.799. The lowest BCUT2D eigenvalue weighted by Gasteiger charge is -1.83. The average molecular weight is 221 g/mol. The first-order chi connectivity index (χ1) is 3.79. The summed E-state index contributed by atoms with van der Waals surface area (Å²) < 4.78 is 1.16. The van der Waals surface area contributed by atoms with Crippen molar-refractivity contribution in [2.45, 2.75) is 0 Å². The molecule has 0 saturated heterocycles. The predicted molar refractivity (Wildman–Crippen MR) is 40.1 cm³/mol. The van der Waals surface area contributed by atoms with Gasteiger partial charge in [-0.05, 0) is 28.7 Å². The van der Waals surface area contributed by atoms with E-state index >= 15 is 0 Å². The normalized spacial score (nSPS) is 9.12. The van der Waals surface area contributed by atoms with Crippen molar-refractivity contribution in [3.05, 3.63) is 21.9 Å². The van der Waals surface area contributed by atoms with E-state index in [0.717, 1.165) is 3.57 Å². The smallest absolute Gasteiger partial charge is 0.270 e. The van der Waals surface area contributed by atoms with Crippen LogP contribution in [0.2, 0.25) is 0 Å². The summed E-state index contributed by atoms with van der Waals surface area (Å²) in [5.41, 5.74) is 5.37. The van der Waals surface area contributed by atoms with E-state index in [1.54, 1.807) is 0 Å². The summed E-state index contributed by atoms with van der Waals surface area (Å²) in [4.78, 5) is 2.87. The zero-order valence-corrected chi connectivity index (χ0v) is 6.34. The average Bonchev–Trinajstić information content (AvgIpc) is 1.77. The second kappa shape index (κ2) is 2.30. The van der Waals surface area contributed by atoms with E-state index in [2.05, 4.69) is 27.6 Å². The molecule has 0 bridgehead atoms. The van der Waals surface area contributed by atoms with Crippen molar-refractivity contribution < 1.29 is 4.98 Å². The Hall–Kier alpha value is -0.320. The Bertz CT molecular complexity index is 149. The van der Waals surface area contributed by atoms with E-state index in [9.17, 15) is 0 Å². The van der Waals surface area contributed by atoms with Crippen molar-refractivity contribution >= 4 is 28.4 Å². The first kappa shape index (κ1) is 5.81. The molecule has 2 nitrogen and oxygen atoms in total. The Kier molecular flexibility index (Phi) is 1.67. The first-order valence-corrected chi connectivity index (χ1v) is 3.29. The number of pyridine rings is 1. The van der Waals surface area contributed by atoms with Crippen LogP contribution in [0.15, 0.2) is 18.3 Å². The van der Waals surface area contributed by atoms with Crippen LogP contribution in [0.5, 0.6) is 0 Å². The standard InChI is InChI=1S/C5H5IN2/c6-4-1-2-5(7)8-3-4/h1-3H,(H2,7,8)/p+1. The van der Waals surface area contributed by atoms with E-state index in [4.69, 9.17) is 5.73 Å². The van der Waals surface area contributed by atoms with Gasteiger partial charge in [0, 0.05) is 6.07 Å². The fourth-order valence-corrected chi connectivity index (χ4v) is 0.753. The highest BCUT2D eigenvalue weighted by molar-refractivity contribution is 14.1. The van der Waals surface area contributed by atoms with E-state index < -0.39 is 0 Å². The van der Waals surface area contributed by atoms with E-state index in [1.807, 2.05) is 18.3 Å². The van der Waals surface area contributed by atoms with E-state index in [-0.39, 0.29) is 0 Å². The lowest BCUT2D eigenvalue weighted by atomic mass is 10.5. The molecule has 0 atom stereocenters. The number of hydrogen-bond acceptors (Lipinski definition) is 1. The summed E-state index contributed by atoms with van der Waals surface area (Å²) in [6.07, 6.45) is 1.86. The number of rotatable bonds is 0. The summed E-state index contributed by atoms with van der Waals surface area (Å²) in [6, 6.07) is 3.79. The van der Waals surface area contributed by atoms with E-state index in [0.29, 0.717) is 5.82 Å². The molecule has 0 fully saturated rings. The molecule has 0 aliphatic carbocycles. The minimum absolute atomic E-state index is 0.699. The lowest BCUT2D eigenvalue weighted by Crippen LogP contribution is -2.08. The van der Waals surface area contributed by atoms with Crippen molar-refractivity contribution in [3.8, 4) is 0 Å². The van der Waals surface area contributed by atoms with Crippen LogP contribution in [0, 0.1) is 3.57 Å². The summed E-state index contributed by atoms with van der Waals surface area (Å²) in [5, 5.41) is 0. The van der Waals surface area contributed by atoms with Crippen molar-refractivity contribution in [3.63, 3.8) is 0 Å². The summed E-state index contributed by atoms with van der Waals surface area (Å²) >= 11 is 2.21. The molecule has 0 saturated carbocycles. The number of H-pyrrole nitrogens is 1. The molecule has 0 aliphatic rings. The molecule has 3 heteroatoms. The molecule has 1 aromatic heterocycles. The number of nitrogens with two attached hydrogens (primary N) is 1. The summed E-state index contributed by atoms with van der Waals surface area (Å²) in [5.74, 6) is 0.699. The van der Waals surface area contributed by atoms with Gasteiger partial charge in [0.15, 0.2) is 0 Å². The van der Waals surface area contributed by atoms with Gasteiger partial charge in [-0.3, -0.25) is 5.73 Å². The molecule has 0 unspecified atom stereocenters. The molecular weight excluding hydrogens is 215 g/mol. The van der Waals surface area contributed by atoms with Gasteiger partial charge < -0.3 is 0 Å². The van der Waals surface area contributed by atoms with Gasteiger partial charge in [-0.15, -0.1) is 0 Å². The first-order valence-electron chi connectivity index (χ1n) is 2.22. The Morgan fingerprint density at radius 1 is 1.50 bits per heavy atom. The fourth-order valence-electron chi connectivity index (χ4n) is 0.418. The highest BCUT2D eigenvalue weighted by Crippen LogP contribution is 1.99. The number of anilines is 1. The topological polar surface area (TPSA) is 40.2 Å². The van der Waals surface area contributed by atoms with Crippen LogP contribution in [0.25, 0.3) is 0 Å². The Morgan fingerprint density at radius 2 is 2.25 bits per heavy atom. The molecule has 8 heavy (non-hydrogen) atoms. The van der Waals surface area contributed by atoms with Gasteiger partial charge in [-0.1, -0.05) is 0 Å². The number of aromatic nitrogens is 1. The summed E-state index contributed by atoms with van der Waals surface area (Å²) in [6.45, 7) is 0.